The van der Waals surface area contributed by atoms with Crippen LogP contribution in [0, 0.1) is 6.92 Å². The first kappa shape index (κ1) is 14.9. The number of hydrogen-bond donors (Lipinski definition) is 0. The second kappa shape index (κ2) is 6.69. The third kappa shape index (κ3) is 5.96. The summed E-state index contributed by atoms with van der Waals surface area (Å²) >= 11 is 0. The largest absolute Gasteiger partial charge is 0.300 e. The van der Waals surface area contributed by atoms with E-state index in [1.165, 1.54) is 6.92 Å². The lowest BCUT2D eigenvalue weighted by Crippen LogP contribution is -2.09. The highest BCUT2D eigenvalue weighted by Gasteiger charge is 2.11. The standard InChI is InChI=1S/C14H20O3S/c1-12-6-5-8-14(10-12)11-18(16,17)9-4-3-7-13(2)15/h5-6,8,10H,3-4,7,9,11H2,1-2H3. The highest BCUT2D eigenvalue weighted by molar-refractivity contribution is 7.90. The predicted molar refractivity (Wildman–Crippen MR) is 73.2 cm³/mol. The Morgan fingerprint density at radius 2 is 1.94 bits per heavy atom. The Kier molecular flexibility index (Phi) is 5.54. The fraction of sp³-hybridized carbons (Fsp3) is 0.500. The van der Waals surface area contributed by atoms with Gasteiger partial charge in [0, 0.05) is 6.42 Å². The van der Waals surface area contributed by atoms with Crippen LogP contribution in [0.1, 0.15) is 37.3 Å². The summed E-state index contributed by atoms with van der Waals surface area (Å²) < 4.78 is 23.7. The molecule has 0 amide bonds. The van der Waals surface area contributed by atoms with E-state index >= 15 is 0 Å². The number of carbonyl (C=O) groups is 1. The van der Waals surface area contributed by atoms with Gasteiger partial charge in [-0.25, -0.2) is 8.42 Å². The molecular weight excluding hydrogens is 248 g/mol. The molecule has 0 radical (unpaired) electrons. The normalized spacial score (nSPS) is 11.4. The number of rotatable bonds is 7. The van der Waals surface area contributed by atoms with Crippen LogP contribution in [0.5, 0.6) is 0 Å². The molecule has 100 valence electrons. The molecule has 0 saturated heterocycles. The summed E-state index contributed by atoms with van der Waals surface area (Å²) in [6.07, 6.45) is 1.69. The van der Waals surface area contributed by atoms with E-state index in [9.17, 15) is 13.2 Å². The number of sulfone groups is 1. The van der Waals surface area contributed by atoms with Crippen molar-refractivity contribution in [3.8, 4) is 0 Å². The van der Waals surface area contributed by atoms with Crippen molar-refractivity contribution in [3.63, 3.8) is 0 Å². The van der Waals surface area contributed by atoms with Crippen molar-refractivity contribution >= 4 is 15.6 Å². The SMILES string of the molecule is CC(=O)CCCCS(=O)(=O)Cc1cccc(C)c1. The van der Waals surface area contributed by atoms with Gasteiger partial charge in [-0.3, -0.25) is 0 Å². The van der Waals surface area contributed by atoms with Gasteiger partial charge in [0.2, 0.25) is 0 Å². The first-order chi connectivity index (χ1) is 8.39. The van der Waals surface area contributed by atoms with Gasteiger partial charge in [-0.15, -0.1) is 0 Å². The fourth-order valence-electron chi connectivity index (χ4n) is 1.82. The van der Waals surface area contributed by atoms with E-state index in [0.29, 0.717) is 19.3 Å². The zero-order chi connectivity index (χ0) is 13.6. The molecular formula is C14H20O3S. The molecule has 0 heterocycles. The summed E-state index contributed by atoms with van der Waals surface area (Å²) in [5.41, 5.74) is 1.90. The third-order valence-electron chi connectivity index (χ3n) is 2.70. The molecule has 0 N–H and O–H groups in total. The molecule has 0 unspecified atom stereocenters. The highest BCUT2D eigenvalue weighted by atomic mass is 32.2. The first-order valence-electron chi connectivity index (χ1n) is 6.14. The van der Waals surface area contributed by atoms with Crippen molar-refractivity contribution in [2.45, 2.75) is 38.9 Å². The zero-order valence-corrected chi connectivity index (χ0v) is 11.8. The fourth-order valence-corrected chi connectivity index (χ4v) is 3.30. The second-order valence-corrected chi connectivity index (χ2v) is 6.92. The van der Waals surface area contributed by atoms with Crippen LogP contribution in [0.25, 0.3) is 0 Å². The summed E-state index contributed by atoms with van der Waals surface area (Å²) in [6, 6.07) is 7.55. The topological polar surface area (TPSA) is 51.2 Å². The van der Waals surface area contributed by atoms with Crippen LogP contribution < -0.4 is 0 Å². The Hall–Kier alpha value is -1.16. The summed E-state index contributed by atoms with van der Waals surface area (Å²) in [4.78, 5) is 10.7. The first-order valence-corrected chi connectivity index (χ1v) is 7.96. The van der Waals surface area contributed by atoms with Crippen molar-refractivity contribution in [2.75, 3.05) is 5.75 Å². The van der Waals surface area contributed by atoms with Crippen LogP contribution in [-0.4, -0.2) is 20.0 Å². The van der Waals surface area contributed by atoms with E-state index in [1.54, 1.807) is 0 Å². The lowest BCUT2D eigenvalue weighted by Gasteiger charge is -2.05. The van der Waals surface area contributed by atoms with Crippen molar-refractivity contribution < 1.29 is 13.2 Å². The molecule has 0 aliphatic carbocycles. The van der Waals surface area contributed by atoms with Crippen molar-refractivity contribution in [1.82, 2.24) is 0 Å². The summed E-state index contributed by atoms with van der Waals surface area (Å²) in [5, 5.41) is 0. The van der Waals surface area contributed by atoms with Gasteiger partial charge < -0.3 is 4.79 Å². The molecule has 0 fully saturated rings. The zero-order valence-electron chi connectivity index (χ0n) is 11.0. The maximum atomic E-state index is 11.9. The van der Waals surface area contributed by atoms with Crippen LogP contribution in [0.15, 0.2) is 24.3 Å². The van der Waals surface area contributed by atoms with E-state index < -0.39 is 9.84 Å². The van der Waals surface area contributed by atoms with Gasteiger partial charge >= 0.3 is 0 Å². The van der Waals surface area contributed by atoms with Crippen molar-refractivity contribution in [1.29, 1.82) is 0 Å². The van der Waals surface area contributed by atoms with E-state index in [2.05, 4.69) is 0 Å². The molecule has 0 aliphatic rings. The Morgan fingerprint density at radius 3 is 2.56 bits per heavy atom. The lowest BCUT2D eigenvalue weighted by atomic mass is 10.2. The Bertz CT molecular complexity index is 504. The second-order valence-electron chi connectivity index (χ2n) is 4.74. The highest BCUT2D eigenvalue weighted by Crippen LogP contribution is 2.11. The number of carbonyl (C=O) groups excluding carboxylic acids is 1. The Balaban J connectivity index is 2.47. The average molecular weight is 268 g/mol. The molecule has 18 heavy (non-hydrogen) atoms. The molecule has 0 aromatic heterocycles. The molecule has 0 saturated carbocycles. The van der Waals surface area contributed by atoms with Crippen LogP contribution in [0.4, 0.5) is 0 Å². The van der Waals surface area contributed by atoms with Crippen LogP contribution in [0.3, 0.4) is 0 Å². The van der Waals surface area contributed by atoms with E-state index in [1.807, 2.05) is 31.2 Å². The number of Topliss-reactive ketones (excluding diaryl/α,β-unsaturated/α-hetero) is 1. The minimum Gasteiger partial charge on any atom is -0.300 e. The predicted octanol–water partition coefficient (Wildman–Crippen LogP) is 2.67. The maximum absolute atomic E-state index is 11.9. The van der Waals surface area contributed by atoms with Crippen LogP contribution >= 0.6 is 0 Å². The van der Waals surface area contributed by atoms with Crippen molar-refractivity contribution in [2.24, 2.45) is 0 Å². The number of aryl methyl sites for hydroxylation is 1. The van der Waals surface area contributed by atoms with E-state index in [-0.39, 0.29) is 17.3 Å². The Labute approximate surface area is 109 Å². The minimum absolute atomic E-state index is 0.0920. The summed E-state index contributed by atoms with van der Waals surface area (Å²) in [5.74, 6) is 0.370. The molecule has 0 atom stereocenters. The Morgan fingerprint density at radius 1 is 1.22 bits per heavy atom. The van der Waals surface area contributed by atoms with E-state index in [0.717, 1.165) is 11.1 Å². The smallest absolute Gasteiger partial charge is 0.154 e. The van der Waals surface area contributed by atoms with Crippen LogP contribution in [-0.2, 0) is 20.4 Å². The van der Waals surface area contributed by atoms with Gasteiger partial charge in [0.1, 0.15) is 5.78 Å². The molecule has 0 bridgehead atoms. The van der Waals surface area contributed by atoms with E-state index in [4.69, 9.17) is 0 Å². The van der Waals surface area contributed by atoms with Gasteiger partial charge in [-0.2, -0.15) is 0 Å². The number of unbranched alkanes of at least 4 members (excludes halogenated alkanes) is 1. The molecule has 4 heteroatoms. The number of ketones is 1. The van der Waals surface area contributed by atoms with Gasteiger partial charge in [-0.05, 0) is 32.3 Å². The van der Waals surface area contributed by atoms with Gasteiger partial charge in [0.25, 0.3) is 0 Å². The summed E-state index contributed by atoms with van der Waals surface area (Å²) in [6.45, 7) is 3.48. The molecule has 3 nitrogen and oxygen atoms in total. The minimum atomic E-state index is -3.06. The van der Waals surface area contributed by atoms with Crippen LogP contribution in [0.2, 0.25) is 0 Å². The molecule has 0 spiro atoms. The van der Waals surface area contributed by atoms with Gasteiger partial charge in [-0.1, -0.05) is 29.8 Å². The van der Waals surface area contributed by atoms with Gasteiger partial charge in [0.05, 0.1) is 11.5 Å². The van der Waals surface area contributed by atoms with Crippen molar-refractivity contribution in [3.05, 3.63) is 35.4 Å². The lowest BCUT2D eigenvalue weighted by molar-refractivity contribution is -0.117. The molecule has 0 aliphatic heterocycles. The number of hydrogen-bond acceptors (Lipinski definition) is 3. The molecule has 1 aromatic rings. The quantitative estimate of drug-likeness (QED) is 0.714. The average Bonchev–Trinajstić information content (AvgIpc) is 2.23. The summed E-state index contributed by atoms with van der Waals surface area (Å²) in [7, 11) is -3.06. The monoisotopic (exact) mass is 268 g/mol. The maximum Gasteiger partial charge on any atom is 0.154 e. The molecule has 1 aromatic carbocycles. The van der Waals surface area contributed by atoms with Gasteiger partial charge in [0.15, 0.2) is 9.84 Å². The molecule has 1 rings (SSSR count). The number of benzene rings is 1. The third-order valence-corrected chi connectivity index (χ3v) is 4.39.